The van der Waals surface area contributed by atoms with E-state index in [-0.39, 0.29) is 0 Å². The van der Waals surface area contributed by atoms with Gasteiger partial charge in [0.05, 0.1) is 0 Å². The van der Waals surface area contributed by atoms with Gasteiger partial charge in [0.15, 0.2) is 0 Å². The van der Waals surface area contributed by atoms with Crippen LogP contribution in [0.4, 0.5) is 0 Å². The first-order valence-corrected chi connectivity index (χ1v) is 11.2. The van der Waals surface area contributed by atoms with Crippen LogP contribution in [0.1, 0.15) is 0 Å². The molecule has 0 unspecified atom stereocenters. The van der Waals surface area contributed by atoms with Gasteiger partial charge in [-0.2, -0.15) is 0 Å². The Kier molecular flexibility index (Phi) is 4.12. The van der Waals surface area contributed by atoms with Gasteiger partial charge in [0.2, 0.25) is 0 Å². The second-order valence-corrected chi connectivity index (χ2v) is 9.01. The lowest BCUT2D eigenvalue weighted by molar-refractivity contribution is 1.64. The Bertz CT molecular complexity index is 1540. The van der Waals surface area contributed by atoms with Crippen molar-refractivity contribution in [3.8, 4) is 22.3 Å². The molecule has 5 aromatic carbocycles. The average molecular weight is 421 g/mol. The topological polar surface area (TPSA) is 0 Å². The van der Waals surface area contributed by atoms with E-state index in [1.165, 1.54) is 53.2 Å². The fourth-order valence-corrected chi connectivity index (χ4v) is 5.65. The van der Waals surface area contributed by atoms with Gasteiger partial charge in [0.25, 0.3) is 0 Å². The van der Waals surface area contributed by atoms with Crippen LogP contribution in [0.25, 0.3) is 53.2 Å². The predicted octanol–water partition coefficient (Wildman–Crippen LogP) is 9.20. The maximum absolute atomic E-state index is 6.19. The summed E-state index contributed by atoms with van der Waals surface area (Å²) in [6.45, 7) is 0. The van der Waals surface area contributed by atoms with Crippen molar-refractivity contribution < 1.29 is 0 Å². The van der Waals surface area contributed by atoms with E-state index in [2.05, 4.69) is 91.0 Å². The zero-order valence-electron chi connectivity index (χ0n) is 16.1. The van der Waals surface area contributed by atoms with Crippen LogP contribution >= 0.6 is 22.9 Å². The van der Waals surface area contributed by atoms with Crippen molar-refractivity contribution in [3.63, 3.8) is 0 Å². The Morgan fingerprint density at radius 3 is 2.13 bits per heavy atom. The summed E-state index contributed by atoms with van der Waals surface area (Å²) in [6, 6.07) is 36.7. The van der Waals surface area contributed by atoms with Gasteiger partial charge in [-0.3, -0.25) is 0 Å². The summed E-state index contributed by atoms with van der Waals surface area (Å²) in [7, 11) is 0. The minimum atomic E-state index is 0.757. The number of fused-ring (bicyclic) bond motifs is 4. The van der Waals surface area contributed by atoms with Gasteiger partial charge >= 0.3 is 0 Å². The molecule has 0 spiro atoms. The lowest BCUT2D eigenvalue weighted by Gasteiger charge is -2.15. The molecule has 0 saturated heterocycles. The fraction of sp³-hybridized carbons (Fsp3) is 0. The van der Waals surface area contributed by atoms with E-state index in [9.17, 15) is 0 Å². The number of benzene rings is 5. The summed E-state index contributed by atoms with van der Waals surface area (Å²) < 4.78 is 2.64. The monoisotopic (exact) mass is 420 g/mol. The Labute approximate surface area is 184 Å². The molecule has 2 heteroatoms. The fourth-order valence-electron chi connectivity index (χ4n) is 4.41. The van der Waals surface area contributed by atoms with Crippen LogP contribution in [0.15, 0.2) is 103 Å². The Morgan fingerprint density at radius 1 is 0.533 bits per heavy atom. The smallest absolute Gasteiger partial charge is 0.0406 e. The molecule has 0 aliphatic rings. The third-order valence-corrected chi connectivity index (χ3v) is 7.15. The number of rotatable bonds is 2. The van der Waals surface area contributed by atoms with E-state index in [0.717, 1.165) is 5.02 Å². The van der Waals surface area contributed by atoms with Gasteiger partial charge in [-0.1, -0.05) is 90.5 Å². The molecule has 0 aliphatic heterocycles. The zero-order chi connectivity index (χ0) is 20.1. The Morgan fingerprint density at radius 2 is 1.27 bits per heavy atom. The Hall–Kier alpha value is -3.13. The Balaban J connectivity index is 1.81. The first-order valence-electron chi connectivity index (χ1n) is 9.98. The summed E-state index contributed by atoms with van der Waals surface area (Å²) in [4.78, 5) is 0. The maximum Gasteiger partial charge on any atom is 0.0406 e. The molecular formula is C28H17ClS. The van der Waals surface area contributed by atoms with Gasteiger partial charge in [0.1, 0.15) is 0 Å². The predicted molar refractivity (Wildman–Crippen MR) is 133 cm³/mol. The summed E-state index contributed by atoms with van der Waals surface area (Å²) in [5, 5.41) is 5.94. The third-order valence-electron chi connectivity index (χ3n) is 5.76. The lowest BCUT2D eigenvalue weighted by atomic mass is 9.88. The minimum absolute atomic E-state index is 0.757. The number of hydrogen-bond acceptors (Lipinski definition) is 1. The zero-order valence-corrected chi connectivity index (χ0v) is 17.7. The molecular weight excluding hydrogens is 404 g/mol. The second-order valence-electron chi connectivity index (χ2n) is 7.49. The summed E-state index contributed by atoms with van der Waals surface area (Å²) in [6.07, 6.45) is 0. The standard InChI is InChI=1S/C28H17ClS/c29-20-14-12-19(13-15-20)22-16-17-26-28(24-9-3-4-11-25(24)30-26)27(22)23-10-5-7-18-6-1-2-8-21(18)23/h1-17H. The molecule has 0 fully saturated rings. The van der Waals surface area contributed by atoms with Crippen LogP contribution in [0, 0.1) is 0 Å². The minimum Gasteiger partial charge on any atom is -0.135 e. The van der Waals surface area contributed by atoms with E-state index in [4.69, 9.17) is 11.6 Å². The van der Waals surface area contributed by atoms with Crippen molar-refractivity contribution in [3.05, 3.63) is 108 Å². The molecule has 142 valence electrons. The van der Waals surface area contributed by atoms with Crippen molar-refractivity contribution >= 4 is 53.9 Å². The van der Waals surface area contributed by atoms with Crippen LogP contribution < -0.4 is 0 Å². The SMILES string of the molecule is Clc1ccc(-c2ccc3sc4ccccc4c3c2-c2cccc3ccccc23)cc1. The van der Waals surface area contributed by atoms with Crippen molar-refractivity contribution in [2.45, 2.75) is 0 Å². The van der Waals surface area contributed by atoms with E-state index >= 15 is 0 Å². The van der Waals surface area contributed by atoms with Crippen LogP contribution in [-0.2, 0) is 0 Å². The molecule has 6 rings (SSSR count). The van der Waals surface area contributed by atoms with Crippen molar-refractivity contribution in [1.29, 1.82) is 0 Å². The molecule has 1 aromatic heterocycles. The van der Waals surface area contributed by atoms with Crippen molar-refractivity contribution in [1.82, 2.24) is 0 Å². The van der Waals surface area contributed by atoms with E-state index in [1.54, 1.807) is 0 Å². The summed E-state index contributed by atoms with van der Waals surface area (Å²) >= 11 is 8.05. The van der Waals surface area contributed by atoms with E-state index in [1.807, 2.05) is 23.5 Å². The molecule has 1 heterocycles. The molecule has 0 nitrogen and oxygen atoms in total. The first kappa shape index (κ1) is 17.7. The highest BCUT2D eigenvalue weighted by molar-refractivity contribution is 7.26. The quantitative estimate of drug-likeness (QED) is 0.262. The van der Waals surface area contributed by atoms with Crippen LogP contribution in [0.3, 0.4) is 0 Å². The van der Waals surface area contributed by atoms with Crippen LogP contribution in [0.5, 0.6) is 0 Å². The molecule has 0 radical (unpaired) electrons. The highest BCUT2D eigenvalue weighted by atomic mass is 35.5. The average Bonchev–Trinajstić information content (AvgIpc) is 3.17. The summed E-state index contributed by atoms with van der Waals surface area (Å²) in [5.41, 5.74) is 4.98. The van der Waals surface area contributed by atoms with Crippen LogP contribution in [0.2, 0.25) is 5.02 Å². The molecule has 30 heavy (non-hydrogen) atoms. The van der Waals surface area contributed by atoms with Crippen molar-refractivity contribution in [2.24, 2.45) is 0 Å². The van der Waals surface area contributed by atoms with Gasteiger partial charge in [-0.25, -0.2) is 0 Å². The van der Waals surface area contributed by atoms with Gasteiger partial charge < -0.3 is 0 Å². The van der Waals surface area contributed by atoms with Gasteiger partial charge in [-0.15, -0.1) is 11.3 Å². The highest BCUT2D eigenvalue weighted by Crippen LogP contribution is 2.46. The van der Waals surface area contributed by atoms with Crippen LogP contribution in [-0.4, -0.2) is 0 Å². The normalized spacial score (nSPS) is 11.5. The van der Waals surface area contributed by atoms with Gasteiger partial charge in [0, 0.05) is 25.2 Å². The molecule has 6 aromatic rings. The molecule has 0 atom stereocenters. The molecule has 0 aliphatic carbocycles. The highest BCUT2D eigenvalue weighted by Gasteiger charge is 2.17. The number of halogens is 1. The molecule has 0 amide bonds. The maximum atomic E-state index is 6.19. The number of thiophene rings is 1. The van der Waals surface area contributed by atoms with Crippen molar-refractivity contribution in [2.75, 3.05) is 0 Å². The molecule has 0 saturated carbocycles. The number of hydrogen-bond donors (Lipinski definition) is 0. The third kappa shape index (κ3) is 2.74. The largest absolute Gasteiger partial charge is 0.135 e. The second kappa shape index (κ2) is 6.98. The molecule has 0 N–H and O–H groups in total. The van der Waals surface area contributed by atoms with E-state index in [0.29, 0.717) is 0 Å². The van der Waals surface area contributed by atoms with E-state index < -0.39 is 0 Å². The lowest BCUT2D eigenvalue weighted by Crippen LogP contribution is -1.88. The van der Waals surface area contributed by atoms with Gasteiger partial charge in [-0.05, 0) is 57.3 Å². The summed E-state index contributed by atoms with van der Waals surface area (Å²) in [5.74, 6) is 0. The first-order chi connectivity index (χ1) is 14.8. The molecule has 0 bridgehead atoms.